The minimum atomic E-state index is -0.0666. The first-order valence-electron chi connectivity index (χ1n) is 3.92. The number of hydrogen-bond donors (Lipinski definition) is 0. The van der Waals surface area contributed by atoms with Crippen LogP contribution in [0, 0.1) is 11.8 Å². The van der Waals surface area contributed by atoms with Crippen molar-refractivity contribution in [2.75, 3.05) is 6.61 Å². The first kappa shape index (κ1) is 8.31. The van der Waals surface area contributed by atoms with Crippen LogP contribution in [0.4, 0.5) is 0 Å². The Kier molecular flexibility index (Phi) is 2.32. The van der Waals surface area contributed by atoms with E-state index in [1.54, 1.807) is 0 Å². The van der Waals surface area contributed by atoms with Gasteiger partial charge in [0.2, 0.25) is 0 Å². The number of carbonyl (C=O) groups excluding carboxylic acids is 1. The average molecular weight is 154 g/mol. The molecule has 62 valence electrons. The molecule has 0 aromatic rings. The van der Waals surface area contributed by atoms with Gasteiger partial charge in [0.15, 0.2) is 0 Å². The molecular weight excluding hydrogens is 140 g/mol. The van der Waals surface area contributed by atoms with Gasteiger partial charge in [-0.15, -0.1) is 0 Å². The SMILES string of the molecule is C=C(C)C(C)C1COC(=O)C1. The molecule has 11 heavy (non-hydrogen) atoms. The van der Waals surface area contributed by atoms with E-state index in [-0.39, 0.29) is 5.97 Å². The second-order valence-corrected chi connectivity index (χ2v) is 3.28. The first-order chi connectivity index (χ1) is 5.11. The summed E-state index contributed by atoms with van der Waals surface area (Å²) in [5, 5.41) is 0. The molecule has 0 bridgehead atoms. The fourth-order valence-electron chi connectivity index (χ4n) is 1.26. The monoisotopic (exact) mass is 154 g/mol. The lowest BCUT2D eigenvalue weighted by molar-refractivity contribution is -0.137. The van der Waals surface area contributed by atoms with Gasteiger partial charge in [-0.3, -0.25) is 4.79 Å². The molecule has 0 aliphatic carbocycles. The molecule has 1 rings (SSSR count). The molecule has 0 aromatic heterocycles. The highest BCUT2D eigenvalue weighted by molar-refractivity contribution is 5.71. The molecule has 1 fully saturated rings. The van der Waals surface area contributed by atoms with E-state index in [4.69, 9.17) is 4.74 Å². The van der Waals surface area contributed by atoms with Crippen molar-refractivity contribution in [1.29, 1.82) is 0 Å². The summed E-state index contributed by atoms with van der Waals surface area (Å²) in [7, 11) is 0. The van der Waals surface area contributed by atoms with Crippen LogP contribution < -0.4 is 0 Å². The predicted octanol–water partition coefficient (Wildman–Crippen LogP) is 1.76. The quantitative estimate of drug-likeness (QED) is 0.447. The summed E-state index contributed by atoms with van der Waals surface area (Å²) in [4.78, 5) is 10.7. The minimum Gasteiger partial charge on any atom is -0.465 e. The maximum atomic E-state index is 10.7. The van der Waals surface area contributed by atoms with Crippen LogP contribution in [0.3, 0.4) is 0 Å². The first-order valence-corrected chi connectivity index (χ1v) is 3.92. The van der Waals surface area contributed by atoms with Gasteiger partial charge in [-0.2, -0.15) is 0 Å². The lowest BCUT2D eigenvalue weighted by Gasteiger charge is -2.15. The van der Waals surface area contributed by atoms with E-state index in [0.29, 0.717) is 24.9 Å². The van der Waals surface area contributed by atoms with E-state index in [0.717, 1.165) is 5.57 Å². The van der Waals surface area contributed by atoms with Crippen molar-refractivity contribution in [2.45, 2.75) is 20.3 Å². The van der Waals surface area contributed by atoms with Crippen LogP contribution in [0.15, 0.2) is 12.2 Å². The van der Waals surface area contributed by atoms with E-state index < -0.39 is 0 Å². The van der Waals surface area contributed by atoms with E-state index in [1.807, 2.05) is 6.92 Å². The number of ether oxygens (including phenoxy) is 1. The summed E-state index contributed by atoms with van der Waals surface area (Å²) in [5.41, 5.74) is 1.13. The molecule has 0 radical (unpaired) electrons. The molecule has 2 heteroatoms. The third kappa shape index (κ3) is 1.82. The fourth-order valence-corrected chi connectivity index (χ4v) is 1.26. The second-order valence-electron chi connectivity index (χ2n) is 3.28. The Morgan fingerprint density at radius 3 is 2.82 bits per heavy atom. The standard InChI is InChI=1S/C9H14O2/c1-6(2)7(3)8-4-9(10)11-5-8/h7-8H,1,4-5H2,2-3H3. The van der Waals surface area contributed by atoms with Crippen LogP contribution >= 0.6 is 0 Å². The Labute approximate surface area is 67.2 Å². The molecule has 1 saturated heterocycles. The van der Waals surface area contributed by atoms with Crippen LogP contribution in [0.1, 0.15) is 20.3 Å². The van der Waals surface area contributed by atoms with Crippen LogP contribution in [0.2, 0.25) is 0 Å². The summed E-state index contributed by atoms with van der Waals surface area (Å²) < 4.78 is 4.86. The third-order valence-electron chi connectivity index (χ3n) is 2.37. The zero-order chi connectivity index (χ0) is 8.43. The molecule has 1 aliphatic heterocycles. The van der Waals surface area contributed by atoms with Crippen molar-refractivity contribution in [3.8, 4) is 0 Å². The Morgan fingerprint density at radius 2 is 2.45 bits per heavy atom. The number of hydrogen-bond acceptors (Lipinski definition) is 2. The van der Waals surface area contributed by atoms with E-state index in [1.165, 1.54) is 0 Å². The van der Waals surface area contributed by atoms with Gasteiger partial charge in [-0.25, -0.2) is 0 Å². The van der Waals surface area contributed by atoms with E-state index in [2.05, 4.69) is 13.5 Å². The predicted molar refractivity (Wildman–Crippen MR) is 43.0 cm³/mol. The topological polar surface area (TPSA) is 26.3 Å². The molecule has 0 N–H and O–H groups in total. The van der Waals surface area contributed by atoms with Crippen molar-refractivity contribution in [3.05, 3.63) is 12.2 Å². The summed E-state index contributed by atoms with van der Waals surface area (Å²) in [6.45, 7) is 8.52. The third-order valence-corrected chi connectivity index (χ3v) is 2.37. The van der Waals surface area contributed by atoms with Crippen LogP contribution in [0.25, 0.3) is 0 Å². The van der Waals surface area contributed by atoms with Crippen molar-refractivity contribution < 1.29 is 9.53 Å². The van der Waals surface area contributed by atoms with Crippen LogP contribution in [-0.4, -0.2) is 12.6 Å². The molecule has 2 unspecified atom stereocenters. The van der Waals surface area contributed by atoms with Gasteiger partial charge in [0, 0.05) is 5.92 Å². The number of carbonyl (C=O) groups is 1. The van der Waals surface area contributed by atoms with Gasteiger partial charge in [0.05, 0.1) is 13.0 Å². The van der Waals surface area contributed by atoms with Gasteiger partial charge in [0.1, 0.15) is 0 Å². The number of rotatable bonds is 2. The zero-order valence-corrected chi connectivity index (χ0v) is 7.09. The van der Waals surface area contributed by atoms with Gasteiger partial charge >= 0.3 is 5.97 Å². The van der Waals surface area contributed by atoms with Crippen LogP contribution in [0.5, 0.6) is 0 Å². The van der Waals surface area contributed by atoms with Crippen molar-refractivity contribution in [1.82, 2.24) is 0 Å². The lowest BCUT2D eigenvalue weighted by Crippen LogP contribution is -2.11. The van der Waals surface area contributed by atoms with Gasteiger partial charge in [0.25, 0.3) is 0 Å². The summed E-state index contributed by atoms with van der Waals surface area (Å²) in [6.07, 6.45) is 0.564. The van der Waals surface area contributed by atoms with E-state index >= 15 is 0 Å². The van der Waals surface area contributed by atoms with Gasteiger partial charge < -0.3 is 4.74 Å². The highest BCUT2D eigenvalue weighted by Gasteiger charge is 2.28. The average Bonchev–Trinajstić information content (AvgIpc) is 2.34. The van der Waals surface area contributed by atoms with Gasteiger partial charge in [-0.05, 0) is 12.8 Å². The maximum Gasteiger partial charge on any atom is 0.306 e. The molecule has 2 atom stereocenters. The van der Waals surface area contributed by atoms with Crippen molar-refractivity contribution in [2.24, 2.45) is 11.8 Å². The Hall–Kier alpha value is -0.790. The second kappa shape index (κ2) is 3.07. The highest BCUT2D eigenvalue weighted by atomic mass is 16.5. The van der Waals surface area contributed by atoms with Crippen molar-refractivity contribution in [3.63, 3.8) is 0 Å². The summed E-state index contributed by atoms with van der Waals surface area (Å²) in [6, 6.07) is 0. The molecule has 0 spiro atoms. The Morgan fingerprint density at radius 1 is 1.82 bits per heavy atom. The molecule has 0 amide bonds. The number of allylic oxidation sites excluding steroid dienone is 1. The van der Waals surface area contributed by atoms with Gasteiger partial charge in [-0.1, -0.05) is 19.1 Å². The highest BCUT2D eigenvalue weighted by Crippen LogP contribution is 2.26. The fraction of sp³-hybridized carbons (Fsp3) is 0.667. The van der Waals surface area contributed by atoms with Crippen molar-refractivity contribution >= 4 is 5.97 Å². The maximum absolute atomic E-state index is 10.7. The zero-order valence-electron chi connectivity index (χ0n) is 7.09. The Balaban J connectivity index is 2.49. The largest absolute Gasteiger partial charge is 0.465 e. The Bertz CT molecular complexity index is 184. The number of esters is 1. The summed E-state index contributed by atoms with van der Waals surface area (Å²) >= 11 is 0. The lowest BCUT2D eigenvalue weighted by atomic mass is 9.88. The molecule has 0 saturated carbocycles. The van der Waals surface area contributed by atoms with Crippen LogP contribution in [-0.2, 0) is 9.53 Å². The molecule has 2 nitrogen and oxygen atoms in total. The normalized spacial score (nSPS) is 26.4. The van der Waals surface area contributed by atoms with E-state index in [9.17, 15) is 4.79 Å². The molecule has 1 aliphatic rings. The molecule has 0 aromatic carbocycles. The molecular formula is C9H14O2. The summed E-state index contributed by atoms with van der Waals surface area (Å²) in [5.74, 6) is 0.699. The number of cyclic esters (lactones) is 1. The molecule has 1 heterocycles. The smallest absolute Gasteiger partial charge is 0.306 e. The minimum absolute atomic E-state index is 0.0666.